The molecule has 0 amide bonds. The minimum absolute atomic E-state index is 0.748. The van der Waals surface area contributed by atoms with Crippen molar-refractivity contribution in [2.45, 2.75) is 6.54 Å². The van der Waals surface area contributed by atoms with Gasteiger partial charge in [-0.05, 0) is 35.1 Å². The van der Waals surface area contributed by atoms with Gasteiger partial charge in [0.25, 0.3) is 0 Å². The van der Waals surface area contributed by atoms with Crippen molar-refractivity contribution in [1.82, 2.24) is 5.32 Å². The van der Waals surface area contributed by atoms with Gasteiger partial charge >= 0.3 is 0 Å². The van der Waals surface area contributed by atoms with Crippen molar-refractivity contribution in [2.75, 3.05) is 14.2 Å². The molecular weight excluding hydrogens is 258 g/mol. The highest BCUT2D eigenvalue weighted by atomic mass is 79.9. The fourth-order valence-corrected chi connectivity index (χ4v) is 2.39. The third kappa shape index (κ3) is 1.75. The van der Waals surface area contributed by atoms with Gasteiger partial charge < -0.3 is 14.5 Å². The number of ether oxygens (including phenoxy) is 1. The Bertz CT molecular complexity index is 479. The summed E-state index contributed by atoms with van der Waals surface area (Å²) in [5, 5.41) is 4.13. The second-order valence-electron chi connectivity index (χ2n) is 3.25. The second kappa shape index (κ2) is 4.24. The van der Waals surface area contributed by atoms with Gasteiger partial charge in [-0.1, -0.05) is 0 Å². The highest BCUT2D eigenvalue weighted by Gasteiger charge is 2.13. The van der Waals surface area contributed by atoms with Crippen LogP contribution in [0.3, 0.4) is 0 Å². The first kappa shape index (κ1) is 10.5. The largest absolute Gasteiger partial charge is 0.495 e. The van der Waals surface area contributed by atoms with Crippen LogP contribution in [0.25, 0.3) is 11.0 Å². The fraction of sp³-hybridized carbons (Fsp3) is 0.273. The summed E-state index contributed by atoms with van der Waals surface area (Å²) in [4.78, 5) is 0. The van der Waals surface area contributed by atoms with E-state index >= 15 is 0 Å². The molecule has 0 atom stereocenters. The average Bonchev–Trinajstić information content (AvgIpc) is 2.67. The van der Waals surface area contributed by atoms with Gasteiger partial charge in [-0.3, -0.25) is 0 Å². The molecule has 0 bridgehead atoms. The van der Waals surface area contributed by atoms with Gasteiger partial charge in [0.05, 0.1) is 17.8 Å². The third-order valence-corrected chi connectivity index (χ3v) is 3.09. The summed E-state index contributed by atoms with van der Waals surface area (Å²) < 4.78 is 11.7. The molecule has 1 aromatic carbocycles. The van der Waals surface area contributed by atoms with Crippen LogP contribution in [0.4, 0.5) is 0 Å². The molecule has 1 aromatic heterocycles. The minimum Gasteiger partial charge on any atom is -0.495 e. The molecule has 15 heavy (non-hydrogen) atoms. The average molecular weight is 270 g/mol. The zero-order valence-electron chi connectivity index (χ0n) is 8.63. The topological polar surface area (TPSA) is 34.4 Å². The van der Waals surface area contributed by atoms with Crippen LogP contribution in [0, 0.1) is 0 Å². The van der Waals surface area contributed by atoms with E-state index < -0.39 is 0 Å². The molecule has 4 heteroatoms. The Morgan fingerprint density at radius 2 is 2.33 bits per heavy atom. The number of rotatable bonds is 3. The summed E-state index contributed by atoms with van der Waals surface area (Å²) in [5.74, 6) is 0.859. The smallest absolute Gasteiger partial charge is 0.138 e. The van der Waals surface area contributed by atoms with Crippen molar-refractivity contribution >= 4 is 26.9 Å². The van der Waals surface area contributed by atoms with Gasteiger partial charge in [-0.2, -0.15) is 0 Å². The Balaban J connectivity index is 2.67. The Kier molecular flexibility index (Phi) is 2.98. The molecule has 0 aliphatic carbocycles. The summed E-state index contributed by atoms with van der Waals surface area (Å²) in [6.07, 6.45) is 1.68. The predicted molar refractivity (Wildman–Crippen MR) is 63.2 cm³/mol. The number of hydrogen-bond acceptors (Lipinski definition) is 3. The lowest BCUT2D eigenvalue weighted by Gasteiger charge is -2.10. The monoisotopic (exact) mass is 269 g/mol. The van der Waals surface area contributed by atoms with Crippen LogP contribution in [-0.2, 0) is 6.54 Å². The SMILES string of the molecule is CNCc1cc2occc2c(Br)c1OC. The molecule has 0 spiro atoms. The Morgan fingerprint density at radius 3 is 3.00 bits per heavy atom. The van der Waals surface area contributed by atoms with Crippen LogP contribution in [0.15, 0.2) is 27.3 Å². The van der Waals surface area contributed by atoms with E-state index in [2.05, 4.69) is 21.2 Å². The standard InChI is InChI=1S/C11H12BrNO2/c1-13-6-7-5-9-8(3-4-15-9)10(12)11(7)14-2/h3-5,13H,6H2,1-2H3. The predicted octanol–water partition coefficient (Wildman–Crippen LogP) is 2.92. The molecule has 0 unspecified atom stereocenters. The van der Waals surface area contributed by atoms with Crippen molar-refractivity contribution in [3.63, 3.8) is 0 Å². The molecule has 0 radical (unpaired) electrons. The number of methoxy groups -OCH3 is 1. The molecule has 0 aliphatic heterocycles. The molecule has 3 nitrogen and oxygen atoms in total. The summed E-state index contributed by atoms with van der Waals surface area (Å²) in [6, 6.07) is 3.92. The van der Waals surface area contributed by atoms with Crippen molar-refractivity contribution in [1.29, 1.82) is 0 Å². The van der Waals surface area contributed by atoms with Crippen molar-refractivity contribution < 1.29 is 9.15 Å². The fourth-order valence-electron chi connectivity index (χ4n) is 1.64. The Labute approximate surface area is 96.5 Å². The van der Waals surface area contributed by atoms with E-state index in [9.17, 15) is 0 Å². The van der Waals surface area contributed by atoms with Crippen molar-refractivity contribution in [3.8, 4) is 5.75 Å². The molecule has 1 N–H and O–H groups in total. The third-order valence-electron chi connectivity index (χ3n) is 2.30. The highest BCUT2D eigenvalue weighted by Crippen LogP contribution is 2.36. The number of fused-ring (bicyclic) bond motifs is 1. The lowest BCUT2D eigenvalue weighted by molar-refractivity contribution is 0.406. The van der Waals surface area contributed by atoms with Crippen LogP contribution in [0.2, 0.25) is 0 Å². The van der Waals surface area contributed by atoms with E-state index in [4.69, 9.17) is 9.15 Å². The molecule has 1 heterocycles. The maximum atomic E-state index is 5.38. The first-order valence-electron chi connectivity index (χ1n) is 4.65. The number of benzene rings is 1. The van der Waals surface area contributed by atoms with E-state index in [1.54, 1.807) is 13.4 Å². The van der Waals surface area contributed by atoms with Gasteiger partial charge in [0.2, 0.25) is 0 Å². The molecule has 0 aliphatic rings. The van der Waals surface area contributed by atoms with Gasteiger partial charge in [0.15, 0.2) is 0 Å². The Hall–Kier alpha value is -1.00. The second-order valence-corrected chi connectivity index (χ2v) is 4.04. The van der Waals surface area contributed by atoms with Crippen LogP contribution in [-0.4, -0.2) is 14.2 Å². The number of nitrogens with one attached hydrogen (secondary N) is 1. The molecule has 80 valence electrons. The van der Waals surface area contributed by atoms with Crippen LogP contribution in [0.5, 0.6) is 5.75 Å². The number of furan rings is 1. The number of halogens is 1. The van der Waals surface area contributed by atoms with Crippen LogP contribution in [0.1, 0.15) is 5.56 Å². The van der Waals surface area contributed by atoms with Gasteiger partial charge in [-0.25, -0.2) is 0 Å². The van der Waals surface area contributed by atoms with Crippen molar-refractivity contribution in [2.24, 2.45) is 0 Å². The molecule has 2 aromatic rings. The maximum Gasteiger partial charge on any atom is 0.138 e. The zero-order valence-corrected chi connectivity index (χ0v) is 10.2. The summed E-state index contributed by atoms with van der Waals surface area (Å²) in [6.45, 7) is 0.748. The van der Waals surface area contributed by atoms with Crippen molar-refractivity contribution in [3.05, 3.63) is 28.4 Å². The van der Waals surface area contributed by atoms with Gasteiger partial charge in [-0.15, -0.1) is 0 Å². The molecule has 2 rings (SSSR count). The summed E-state index contributed by atoms with van der Waals surface area (Å²) >= 11 is 3.53. The van der Waals surface area contributed by atoms with E-state index in [1.807, 2.05) is 19.2 Å². The van der Waals surface area contributed by atoms with Gasteiger partial charge in [0, 0.05) is 17.5 Å². The lowest BCUT2D eigenvalue weighted by atomic mass is 10.1. The molecule has 0 fully saturated rings. The van der Waals surface area contributed by atoms with E-state index in [0.29, 0.717) is 0 Å². The van der Waals surface area contributed by atoms with Gasteiger partial charge in [0.1, 0.15) is 11.3 Å². The highest BCUT2D eigenvalue weighted by molar-refractivity contribution is 9.10. The lowest BCUT2D eigenvalue weighted by Crippen LogP contribution is -2.06. The summed E-state index contributed by atoms with van der Waals surface area (Å²) in [7, 11) is 3.57. The Morgan fingerprint density at radius 1 is 1.53 bits per heavy atom. The van der Waals surface area contributed by atoms with E-state index in [0.717, 1.165) is 33.3 Å². The minimum atomic E-state index is 0.748. The maximum absolute atomic E-state index is 5.38. The van der Waals surface area contributed by atoms with Crippen LogP contribution < -0.4 is 10.1 Å². The first-order chi connectivity index (χ1) is 7.27. The van der Waals surface area contributed by atoms with Crippen LogP contribution >= 0.6 is 15.9 Å². The molecular formula is C11H12BrNO2. The molecule has 0 saturated carbocycles. The first-order valence-corrected chi connectivity index (χ1v) is 5.44. The van der Waals surface area contributed by atoms with E-state index in [-0.39, 0.29) is 0 Å². The normalized spacial score (nSPS) is 10.9. The molecule has 0 saturated heterocycles. The quantitative estimate of drug-likeness (QED) is 0.931. The van der Waals surface area contributed by atoms with E-state index in [1.165, 1.54) is 0 Å². The number of hydrogen-bond donors (Lipinski definition) is 1. The zero-order chi connectivity index (χ0) is 10.8. The summed E-state index contributed by atoms with van der Waals surface area (Å²) in [5.41, 5.74) is 1.95.